The van der Waals surface area contributed by atoms with Crippen LogP contribution in [-0.2, 0) is 12.8 Å². The average molecular weight is 287 g/mol. The summed E-state index contributed by atoms with van der Waals surface area (Å²) in [5, 5.41) is 3.37. The monoisotopic (exact) mass is 287 g/mol. The highest BCUT2D eigenvalue weighted by atomic mass is 19.1. The van der Waals surface area contributed by atoms with Crippen LogP contribution < -0.4 is 5.32 Å². The summed E-state index contributed by atoms with van der Waals surface area (Å²) in [4.78, 5) is 0. The van der Waals surface area contributed by atoms with Gasteiger partial charge in [0, 0.05) is 17.7 Å². The van der Waals surface area contributed by atoms with Gasteiger partial charge in [-0.2, -0.15) is 0 Å². The van der Waals surface area contributed by atoms with Crippen molar-refractivity contribution in [3.8, 4) is 0 Å². The standard InChI is InChI=1S/C18H19F2N/c1-2-21-18(16-8-7-15(19)11-17(16)20)14-9-12-5-3-4-6-13(12)10-14/h3-8,11,14,18,21H,2,9-10H2,1H3. The van der Waals surface area contributed by atoms with E-state index in [9.17, 15) is 8.78 Å². The predicted octanol–water partition coefficient (Wildman–Crippen LogP) is 4.03. The molecule has 3 heteroatoms. The molecular weight excluding hydrogens is 268 g/mol. The first-order valence-corrected chi connectivity index (χ1v) is 7.44. The fourth-order valence-corrected chi connectivity index (χ4v) is 3.33. The molecule has 0 aromatic heterocycles. The van der Waals surface area contributed by atoms with Gasteiger partial charge >= 0.3 is 0 Å². The average Bonchev–Trinajstić information content (AvgIpc) is 2.89. The number of nitrogens with one attached hydrogen (secondary N) is 1. The first-order chi connectivity index (χ1) is 10.2. The Kier molecular flexibility index (Phi) is 4.02. The maximum atomic E-state index is 14.1. The zero-order valence-corrected chi connectivity index (χ0v) is 12.1. The maximum Gasteiger partial charge on any atom is 0.130 e. The Morgan fingerprint density at radius 2 is 1.76 bits per heavy atom. The fourth-order valence-electron chi connectivity index (χ4n) is 3.33. The normalized spacial score (nSPS) is 16.0. The van der Waals surface area contributed by atoms with E-state index in [0.717, 1.165) is 25.5 Å². The number of hydrogen-bond donors (Lipinski definition) is 1. The molecule has 0 bridgehead atoms. The molecule has 110 valence electrons. The van der Waals surface area contributed by atoms with Crippen LogP contribution in [0.5, 0.6) is 0 Å². The zero-order valence-electron chi connectivity index (χ0n) is 12.1. The Balaban J connectivity index is 1.89. The van der Waals surface area contributed by atoms with Crippen LogP contribution >= 0.6 is 0 Å². The van der Waals surface area contributed by atoms with E-state index in [0.29, 0.717) is 11.5 Å². The topological polar surface area (TPSA) is 12.0 Å². The van der Waals surface area contributed by atoms with Crippen molar-refractivity contribution >= 4 is 0 Å². The number of rotatable bonds is 4. The van der Waals surface area contributed by atoms with Crippen LogP contribution in [0.1, 0.15) is 29.7 Å². The van der Waals surface area contributed by atoms with Crippen LogP contribution in [0.4, 0.5) is 8.78 Å². The minimum atomic E-state index is -0.527. The Hall–Kier alpha value is -1.74. The molecule has 3 rings (SSSR count). The molecule has 0 saturated carbocycles. The van der Waals surface area contributed by atoms with Gasteiger partial charge in [-0.15, -0.1) is 0 Å². The summed E-state index contributed by atoms with van der Waals surface area (Å²) in [6.45, 7) is 2.77. The molecule has 1 atom stereocenters. The lowest BCUT2D eigenvalue weighted by molar-refractivity contribution is 0.368. The molecule has 0 spiro atoms. The highest BCUT2D eigenvalue weighted by Crippen LogP contribution is 2.36. The predicted molar refractivity (Wildman–Crippen MR) is 80.1 cm³/mol. The van der Waals surface area contributed by atoms with E-state index in [1.165, 1.54) is 17.2 Å². The second-order valence-electron chi connectivity index (χ2n) is 5.64. The van der Waals surface area contributed by atoms with Gasteiger partial charge in [0.15, 0.2) is 0 Å². The summed E-state index contributed by atoms with van der Waals surface area (Å²) in [6, 6.07) is 12.2. The molecule has 1 unspecified atom stereocenters. The van der Waals surface area contributed by atoms with Crippen molar-refractivity contribution in [3.63, 3.8) is 0 Å². The zero-order chi connectivity index (χ0) is 14.8. The van der Waals surface area contributed by atoms with E-state index in [4.69, 9.17) is 0 Å². The SMILES string of the molecule is CCNC(c1ccc(F)cc1F)C1Cc2ccccc2C1. The second-order valence-corrected chi connectivity index (χ2v) is 5.64. The van der Waals surface area contributed by atoms with Crippen molar-refractivity contribution in [2.45, 2.75) is 25.8 Å². The van der Waals surface area contributed by atoms with Gasteiger partial charge in [0.25, 0.3) is 0 Å². The van der Waals surface area contributed by atoms with Crippen LogP contribution in [0, 0.1) is 17.6 Å². The molecule has 1 aliphatic rings. The lowest BCUT2D eigenvalue weighted by Crippen LogP contribution is -2.29. The third-order valence-corrected chi connectivity index (χ3v) is 4.28. The van der Waals surface area contributed by atoms with Crippen molar-refractivity contribution in [1.29, 1.82) is 0 Å². The molecule has 0 aliphatic heterocycles. The van der Waals surface area contributed by atoms with Gasteiger partial charge in [0.1, 0.15) is 11.6 Å². The largest absolute Gasteiger partial charge is 0.310 e. The van der Waals surface area contributed by atoms with E-state index in [1.54, 1.807) is 6.07 Å². The summed E-state index contributed by atoms with van der Waals surface area (Å²) in [7, 11) is 0. The molecule has 0 saturated heterocycles. The van der Waals surface area contributed by atoms with Crippen molar-refractivity contribution in [3.05, 3.63) is 70.8 Å². The molecule has 0 fully saturated rings. The smallest absolute Gasteiger partial charge is 0.130 e. The Labute approximate surface area is 124 Å². The van der Waals surface area contributed by atoms with E-state index in [2.05, 4.69) is 17.4 Å². The Morgan fingerprint density at radius 1 is 1.10 bits per heavy atom. The third kappa shape index (κ3) is 2.84. The number of hydrogen-bond acceptors (Lipinski definition) is 1. The number of benzene rings is 2. The van der Waals surface area contributed by atoms with Crippen molar-refractivity contribution in [2.75, 3.05) is 6.54 Å². The van der Waals surface area contributed by atoms with Gasteiger partial charge < -0.3 is 5.32 Å². The summed E-state index contributed by atoms with van der Waals surface area (Å²) >= 11 is 0. The summed E-state index contributed by atoms with van der Waals surface area (Å²) < 4.78 is 27.3. The highest BCUT2D eigenvalue weighted by molar-refractivity contribution is 5.34. The molecule has 1 aliphatic carbocycles. The van der Waals surface area contributed by atoms with E-state index in [-0.39, 0.29) is 6.04 Å². The van der Waals surface area contributed by atoms with Crippen molar-refractivity contribution in [1.82, 2.24) is 5.32 Å². The van der Waals surface area contributed by atoms with Gasteiger partial charge in [0.05, 0.1) is 0 Å². The Morgan fingerprint density at radius 3 is 2.33 bits per heavy atom. The van der Waals surface area contributed by atoms with Gasteiger partial charge in [-0.1, -0.05) is 37.3 Å². The molecule has 1 N–H and O–H groups in total. The highest BCUT2D eigenvalue weighted by Gasteiger charge is 2.30. The van der Waals surface area contributed by atoms with Crippen molar-refractivity contribution < 1.29 is 8.78 Å². The molecule has 0 radical (unpaired) electrons. The molecule has 2 aromatic rings. The number of halogens is 2. The second kappa shape index (κ2) is 5.94. The quantitative estimate of drug-likeness (QED) is 0.895. The molecule has 1 nitrogen and oxygen atoms in total. The molecule has 0 amide bonds. The van der Waals surface area contributed by atoms with Crippen molar-refractivity contribution in [2.24, 2.45) is 5.92 Å². The molecule has 21 heavy (non-hydrogen) atoms. The third-order valence-electron chi connectivity index (χ3n) is 4.28. The van der Waals surface area contributed by atoms with E-state index >= 15 is 0 Å². The minimum absolute atomic E-state index is 0.0806. The van der Waals surface area contributed by atoms with Crippen LogP contribution in [0.3, 0.4) is 0 Å². The van der Waals surface area contributed by atoms with Gasteiger partial charge in [0.2, 0.25) is 0 Å². The first kappa shape index (κ1) is 14.2. The van der Waals surface area contributed by atoms with Gasteiger partial charge in [-0.05, 0) is 42.5 Å². The number of fused-ring (bicyclic) bond motifs is 1. The minimum Gasteiger partial charge on any atom is -0.310 e. The first-order valence-electron chi connectivity index (χ1n) is 7.44. The van der Waals surface area contributed by atoms with Crippen LogP contribution in [0.2, 0.25) is 0 Å². The maximum absolute atomic E-state index is 14.1. The van der Waals surface area contributed by atoms with Gasteiger partial charge in [-0.25, -0.2) is 8.78 Å². The lowest BCUT2D eigenvalue weighted by Gasteiger charge is -2.25. The summed E-state index contributed by atoms with van der Waals surface area (Å²) in [6.07, 6.45) is 1.87. The summed E-state index contributed by atoms with van der Waals surface area (Å²) in [5.74, 6) is -0.680. The lowest BCUT2D eigenvalue weighted by atomic mass is 9.90. The molecular formula is C18H19F2N. The summed E-state index contributed by atoms with van der Waals surface area (Å²) in [5.41, 5.74) is 3.25. The molecule has 0 heterocycles. The van der Waals surface area contributed by atoms with Crippen LogP contribution in [-0.4, -0.2) is 6.54 Å². The van der Waals surface area contributed by atoms with Crippen LogP contribution in [0.25, 0.3) is 0 Å². The van der Waals surface area contributed by atoms with Crippen LogP contribution in [0.15, 0.2) is 42.5 Å². The fraction of sp³-hybridized carbons (Fsp3) is 0.333. The van der Waals surface area contributed by atoms with E-state index < -0.39 is 11.6 Å². The van der Waals surface area contributed by atoms with Gasteiger partial charge in [-0.3, -0.25) is 0 Å². The molecule has 2 aromatic carbocycles. The Bertz CT molecular complexity index is 614. The van der Waals surface area contributed by atoms with E-state index in [1.807, 2.05) is 19.1 Å².